The van der Waals surface area contributed by atoms with Crippen molar-refractivity contribution in [3.05, 3.63) is 11.6 Å². The van der Waals surface area contributed by atoms with Crippen LogP contribution in [0.15, 0.2) is 11.6 Å². The van der Waals surface area contributed by atoms with Crippen LogP contribution in [0.25, 0.3) is 0 Å². The second-order valence-electron chi connectivity index (χ2n) is 13.7. The Bertz CT molecular complexity index is 968. The molecule has 0 spiro atoms. The number of aliphatic hydroxyl groups is 3. The molecule has 4 saturated carbocycles. The third-order valence-corrected chi connectivity index (χ3v) is 12.2. The number of fused-ring (bicyclic) bond motifs is 5. The molecular formula is C30H46O8. The first kappa shape index (κ1) is 27.2. The molecule has 8 nitrogen and oxygen atoms in total. The molecule has 1 saturated heterocycles. The summed E-state index contributed by atoms with van der Waals surface area (Å²) in [5.74, 6) is 0.285. The summed E-state index contributed by atoms with van der Waals surface area (Å²) >= 11 is 0. The van der Waals surface area contributed by atoms with E-state index in [0.29, 0.717) is 31.8 Å². The van der Waals surface area contributed by atoms with Crippen molar-refractivity contribution in [2.75, 3.05) is 13.7 Å². The van der Waals surface area contributed by atoms with E-state index in [1.165, 1.54) is 0 Å². The molecular weight excluding hydrogens is 488 g/mol. The van der Waals surface area contributed by atoms with Crippen LogP contribution in [-0.4, -0.2) is 77.4 Å². The van der Waals surface area contributed by atoms with Gasteiger partial charge in [-0.05, 0) is 93.0 Å². The van der Waals surface area contributed by atoms with Crippen LogP contribution in [0.1, 0.15) is 78.6 Å². The summed E-state index contributed by atoms with van der Waals surface area (Å²) in [5, 5.41) is 34.5. The zero-order valence-electron chi connectivity index (χ0n) is 23.3. The number of ether oxygens (including phenoxy) is 4. The van der Waals surface area contributed by atoms with E-state index in [4.69, 9.17) is 18.9 Å². The Hall–Kier alpha value is -1.03. The average Bonchev–Trinajstić information content (AvgIpc) is 3.41. The maximum absolute atomic E-state index is 12.4. The largest absolute Gasteiger partial charge is 0.458 e. The van der Waals surface area contributed by atoms with Crippen molar-refractivity contribution in [2.24, 2.45) is 34.5 Å². The molecule has 2 aliphatic heterocycles. The van der Waals surface area contributed by atoms with Gasteiger partial charge in [0.05, 0.1) is 30.0 Å². The third kappa shape index (κ3) is 3.96. The van der Waals surface area contributed by atoms with E-state index in [0.717, 1.165) is 44.1 Å². The van der Waals surface area contributed by atoms with Crippen LogP contribution in [0.2, 0.25) is 0 Å². The lowest BCUT2D eigenvalue weighted by atomic mass is 9.42. The molecule has 0 aromatic rings. The fourth-order valence-corrected chi connectivity index (χ4v) is 10.1. The predicted molar refractivity (Wildman–Crippen MR) is 138 cm³/mol. The highest BCUT2D eigenvalue weighted by Gasteiger charge is 2.70. The van der Waals surface area contributed by atoms with Crippen molar-refractivity contribution in [3.8, 4) is 0 Å². The highest BCUT2D eigenvalue weighted by Crippen LogP contribution is 2.70. The molecule has 0 radical (unpaired) electrons. The zero-order valence-corrected chi connectivity index (χ0v) is 23.3. The number of cyclic esters (lactones) is 1. The molecule has 0 amide bonds. The Labute approximate surface area is 226 Å². The van der Waals surface area contributed by atoms with E-state index >= 15 is 0 Å². The fraction of sp³-hybridized carbons (Fsp3) is 0.900. The van der Waals surface area contributed by atoms with Crippen LogP contribution in [0.4, 0.5) is 0 Å². The number of methoxy groups -OCH3 is 1. The molecule has 214 valence electrons. The number of aliphatic hydroxyl groups excluding tert-OH is 2. The van der Waals surface area contributed by atoms with Crippen LogP contribution in [-0.2, 0) is 23.7 Å². The number of rotatable bonds is 4. The molecule has 6 rings (SSSR count). The van der Waals surface area contributed by atoms with Crippen molar-refractivity contribution in [3.63, 3.8) is 0 Å². The predicted octanol–water partition coefficient (Wildman–Crippen LogP) is 3.11. The van der Waals surface area contributed by atoms with E-state index in [1.54, 1.807) is 13.2 Å². The zero-order chi connectivity index (χ0) is 27.0. The van der Waals surface area contributed by atoms with Gasteiger partial charge in [-0.15, -0.1) is 0 Å². The summed E-state index contributed by atoms with van der Waals surface area (Å²) < 4.78 is 23.1. The van der Waals surface area contributed by atoms with E-state index in [-0.39, 0.29) is 53.7 Å². The molecule has 2 heterocycles. The van der Waals surface area contributed by atoms with E-state index in [9.17, 15) is 20.1 Å². The molecule has 0 aromatic carbocycles. The maximum atomic E-state index is 12.4. The van der Waals surface area contributed by atoms with Crippen molar-refractivity contribution in [1.29, 1.82) is 0 Å². The lowest BCUT2D eigenvalue weighted by Crippen LogP contribution is -2.66. The van der Waals surface area contributed by atoms with Gasteiger partial charge >= 0.3 is 5.97 Å². The molecule has 4 aliphatic carbocycles. The lowest BCUT2D eigenvalue weighted by Gasteiger charge is -2.65. The molecule has 0 aromatic heterocycles. The first-order chi connectivity index (χ1) is 18.0. The maximum Gasteiger partial charge on any atom is 0.331 e. The van der Waals surface area contributed by atoms with Crippen LogP contribution in [0.3, 0.4) is 0 Å². The Morgan fingerprint density at radius 2 is 1.87 bits per heavy atom. The number of carbonyl (C=O) groups excluding carboxylic acids is 1. The van der Waals surface area contributed by atoms with Gasteiger partial charge in [-0.2, -0.15) is 0 Å². The Kier molecular flexibility index (Phi) is 6.80. The van der Waals surface area contributed by atoms with Gasteiger partial charge in [0.2, 0.25) is 0 Å². The number of hydrogen-bond donors (Lipinski definition) is 3. The number of esters is 1. The smallest absolute Gasteiger partial charge is 0.331 e. The fourth-order valence-electron chi connectivity index (χ4n) is 10.1. The van der Waals surface area contributed by atoms with Gasteiger partial charge < -0.3 is 34.3 Å². The highest BCUT2D eigenvalue weighted by atomic mass is 16.7. The summed E-state index contributed by atoms with van der Waals surface area (Å²) in [4.78, 5) is 11.8. The molecule has 5 fully saturated rings. The van der Waals surface area contributed by atoms with Crippen LogP contribution >= 0.6 is 0 Å². The minimum absolute atomic E-state index is 0.0464. The van der Waals surface area contributed by atoms with Gasteiger partial charge in [-0.25, -0.2) is 4.79 Å². The van der Waals surface area contributed by atoms with Crippen molar-refractivity contribution >= 4 is 5.97 Å². The van der Waals surface area contributed by atoms with Gasteiger partial charge in [0.15, 0.2) is 6.29 Å². The second kappa shape index (κ2) is 9.52. The summed E-state index contributed by atoms with van der Waals surface area (Å²) in [5.41, 5.74) is -0.389. The molecule has 8 heteroatoms. The minimum atomic E-state index is -0.850. The van der Waals surface area contributed by atoms with E-state index < -0.39 is 23.2 Å². The minimum Gasteiger partial charge on any atom is -0.458 e. The molecule has 13 atom stereocenters. The van der Waals surface area contributed by atoms with Crippen molar-refractivity contribution < 1.29 is 39.1 Å². The van der Waals surface area contributed by atoms with Crippen molar-refractivity contribution in [2.45, 2.75) is 121 Å². The quantitative estimate of drug-likeness (QED) is 0.372. The molecule has 0 bridgehead atoms. The van der Waals surface area contributed by atoms with E-state index in [2.05, 4.69) is 13.8 Å². The molecule has 38 heavy (non-hydrogen) atoms. The van der Waals surface area contributed by atoms with Crippen molar-refractivity contribution in [1.82, 2.24) is 0 Å². The number of hydrogen-bond acceptors (Lipinski definition) is 8. The topological polar surface area (TPSA) is 115 Å². The lowest BCUT2D eigenvalue weighted by molar-refractivity contribution is -0.278. The molecule has 6 aliphatic rings. The van der Waals surface area contributed by atoms with Crippen LogP contribution < -0.4 is 0 Å². The SMILES string of the molecule is CO[C@@H]1C[C@H](O[C@H]2CC[C@@]3(C)[C@H](CC[C@@H]4[C@@H]3[C@H](O)C[C@]3(C)[C@@H](C5=CC(=O)OC5)CC[C@]43O)C2)O[C@H](C)[C@@H]1O. The Balaban J connectivity index is 1.18. The summed E-state index contributed by atoms with van der Waals surface area (Å²) in [6.07, 6.45) is 6.83. The van der Waals surface area contributed by atoms with Gasteiger partial charge in [0.1, 0.15) is 12.7 Å². The third-order valence-electron chi connectivity index (χ3n) is 12.2. The van der Waals surface area contributed by atoms with E-state index in [1.807, 2.05) is 6.92 Å². The van der Waals surface area contributed by atoms with Gasteiger partial charge in [0.25, 0.3) is 0 Å². The average molecular weight is 535 g/mol. The highest BCUT2D eigenvalue weighted by molar-refractivity contribution is 5.85. The first-order valence-corrected chi connectivity index (χ1v) is 14.8. The van der Waals surface area contributed by atoms with Crippen LogP contribution in [0.5, 0.6) is 0 Å². The summed E-state index contributed by atoms with van der Waals surface area (Å²) in [7, 11) is 1.62. The first-order valence-electron chi connectivity index (χ1n) is 14.8. The Morgan fingerprint density at radius 1 is 1.08 bits per heavy atom. The van der Waals surface area contributed by atoms with Gasteiger partial charge in [-0.3, -0.25) is 0 Å². The monoisotopic (exact) mass is 534 g/mol. The second-order valence-corrected chi connectivity index (χ2v) is 13.7. The molecule has 3 N–H and O–H groups in total. The molecule has 0 unspecified atom stereocenters. The summed E-state index contributed by atoms with van der Waals surface area (Å²) in [6.45, 7) is 6.65. The summed E-state index contributed by atoms with van der Waals surface area (Å²) in [6, 6.07) is 0. The van der Waals surface area contributed by atoms with Crippen LogP contribution in [0, 0.1) is 34.5 Å². The van der Waals surface area contributed by atoms with Gasteiger partial charge in [0, 0.05) is 25.0 Å². The standard InChI is InChI=1S/C30H46O8/c1-16-27(33)23(35-4)13-25(37-16)38-19-7-9-28(2)18(12-19)5-6-21-26(28)22(31)14-29(3)20(8-10-30(21,29)34)17-11-24(32)36-15-17/h11,16,18-23,25-27,31,33-34H,5-10,12-15H2,1-4H3/t16-,18-,19+,20-,21-,22-,23-,25+,26-,27+,28+,29-,30+/m1/s1. The number of carbonyl (C=O) groups is 1. The van der Waals surface area contributed by atoms with Gasteiger partial charge in [-0.1, -0.05) is 13.8 Å². The normalized spacial score (nSPS) is 54.5. The Morgan fingerprint density at radius 3 is 2.58 bits per heavy atom.